The molecule has 0 aromatic carbocycles. The zero-order valence-corrected chi connectivity index (χ0v) is 7.53. The van der Waals surface area contributed by atoms with Crippen molar-refractivity contribution >= 4 is 11.9 Å². The lowest BCUT2D eigenvalue weighted by Crippen LogP contribution is -2.22. The molecule has 2 atom stereocenters. The molecule has 0 heterocycles. The van der Waals surface area contributed by atoms with Crippen LogP contribution in [0.25, 0.3) is 0 Å². The molecular formula is C8H14O4. The Labute approximate surface area is 71.5 Å². The number of carboxylic acid groups (broad SMARTS) is 1. The molecule has 4 heteroatoms. The molecule has 0 amide bonds. The van der Waals surface area contributed by atoms with Crippen molar-refractivity contribution < 1.29 is 19.4 Å². The number of hydrogen-bond acceptors (Lipinski definition) is 3. The van der Waals surface area contributed by atoms with Crippen LogP contribution in [0.1, 0.15) is 27.2 Å². The van der Waals surface area contributed by atoms with Crippen molar-refractivity contribution in [2.45, 2.75) is 33.3 Å². The van der Waals surface area contributed by atoms with E-state index in [0.29, 0.717) is 0 Å². The lowest BCUT2D eigenvalue weighted by Gasteiger charge is -2.17. The molecule has 0 aliphatic heterocycles. The molecule has 70 valence electrons. The van der Waals surface area contributed by atoms with Crippen molar-refractivity contribution in [1.82, 2.24) is 0 Å². The van der Waals surface area contributed by atoms with Crippen molar-refractivity contribution in [3.63, 3.8) is 0 Å². The molecule has 0 unspecified atom stereocenters. The maximum absolute atomic E-state index is 10.5. The van der Waals surface area contributed by atoms with E-state index in [1.807, 2.05) is 0 Å². The second-order valence-corrected chi connectivity index (χ2v) is 2.89. The Bertz CT molecular complexity index is 156. The fourth-order valence-corrected chi connectivity index (χ4v) is 0.819. The summed E-state index contributed by atoms with van der Waals surface area (Å²) in [5, 5.41) is 8.43. The molecule has 0 spiro atoms. The van der Waals surface area contributed by atoms with E-state index in [2.05, 4.69) is 0 Å². The quantitative estimate of drug-likeness (QED) is 0.647. The van der Waals surface area contributed by atoms with Gasteiger partial charge in [0.15, 0.2) is 0 Å². The Morgan fingerprint density at radius 3 is 2.25 bits per heavy atom. The van der Waals surface area contributed by atoms with Gasteiger partial charge in [0.2, 0.25) is 0 Å². The molecule has 1 N–H and O–H groups in total. The minimum Gasteiger partial charge on any atom is -0.481 e. The van der Waals surface area contributed by atoms with E-state index in [1.165, 1.54) is 6.92 Å². The number of carboxylic acids is 1. The van der Waals surface area contributed by atoms with E-state index < -0.39 is 5.97 Å². The zero-order valence-electron chi connectivity index (χ0n) is 7.53. The maximum Gasteiger partial charge on any atom is 0.303 e. The Hall–Kier alpha value is -1.06. The van der Waals surface area contributed by atoms with Gasteiger partial charge in [0.1, 0.15) is 6.10 Å². The largest absolute Gasteiger partial charge is 0.481 e. The predicted molar refractivity (Wildman–Crippen MR) is 42.6 cm³/mol. The highest BCUT2D eigenvalue weighted by Crippen LogP contribution is 2.11. The number of ether oxygens (including phenoxy) is 1. The van der Waals surface area contributed by atoms with Gasteiger partial charge in [-0.3, -0.25) is 9.59 Å². The van der Waals surface area contributed by atoms with Gasteiger partial charge in [-0.15, -0.1) is 0 Å². The first-order chi connectivity index (χ1) is 5.43. The lowest BCUT2D eigenvalue weighted by atomic mass is 10.0. The van der Waals surface area contributed by atoms with Crippen molar-refractivity contribution in [2.24, 2.45) is 5.92 Å². The molecule has 0 rings (SSSR count). The Kier molecular flexibility index (Phi) is 4.33. The highest BCUT2D eigenvalue weighted by atomic mass is 16.5. The first-order valence-corrected chi connectivity index (χ1v) is 3.82. The summed E-state index contributed by atoms with van der Waals surface area (Å²) in [6.07, 6.45) is -0.312. The third-order valence-corrected chi connectivity index (χ3v) is 1.65. The summed E-state index contributed by atoms with van der Waals surface area (Å²) in [5.74, 6) is -1.40. The van der Waals surface area contributed by atoms with Gasteiger partial charge in [-0.2, -0.15) is 0 Å². The van der Waals surface area contributed by atoms with Crippen LogP contribution in [0, 0.1) is 5.92 Å². The van der Waals surface area contributed by atoms with Gasteiger partial charge >= 0.3 is 11.9 Å². The van der Waals surface area contributed by atoms with Crippen molar-refractivity contribution in [3.8, 4) is 0 Å². The normalized spacial score (nSPS) is 14.9. The van der Waals surface area contributed by atoms with E-state index in [4.69, 9.17) is 9.84 Å². The lowest BCUT2D eigenvalue weighted by molar-refractivity contribution is -0.150. The molecule has 0 aliphatic carbocycles. The van der Waals surface area contributed by atoms with Crippen molar-refractivity contribution in [2.75, 3.05) is 0 Å². The van der Waals surface area contributed by atoms with Crippen LogP contribution in [-0.4, -0.2) is 23.1 Å². The number of hydrogen-bond donors (Lipinski definition) is 1. The second kappa shape index (κ2) is 4.74. The number of carbonyl (C=O) groups excluding carboxylic acids is 1. The SMILES string of the molecule is CC(=O)O[C@@H](C)[C@H](C)CC(=O)O. The monoisotopic (exact) mass is 174 g/mol. The third kappa shape index (κ3) is 4.71. The minimum absolute atomic E-state index is 0.0223. The highest BCUT2D eigenvalue weighted by Gasteiger charge is 2.17. The molecule has 0 aromatic heterocycles. The van der Waals surface area contributed by atoms with E-state index in [-0.39, 0.29) is 24.4 Å². The highest BCUT2D eigenvalue weighted by molar-refractivity contribution is 5.68. The molecule has 0 saturated carbocycles. The smallest absolute Gasteiger partial charge is 0.303 e. The number of rotatable bonds is 4. The van der Waals surface area contributed by atoms with Crippen LogP contribution >= 0.6 is 0 Å². The second-order valence-electron chi connectivity index (χ2n) is 2.89. The van der Waals surface area contributed by atoms with Gasteiger partial charge in [0, 0.05) is 12.8 Å². The standard InChI is InChI=1S/C8H14O4/c1-5(4-8(10)11)6(2)12-7(3)9/h5-6H,4H2,1-3H3,(H,10,11)/t5-,6+/m1/s1. The van der Waals surface area contributed by atoms with Crippen LogP contribution < -0.4 is 0 Å². The third-order valence-electron chi connectivity index (χ3n) is 1.65. The Balaban J connectivity index is 3.83. The molecule has 0 radical (unpaired) electrons. The zero-order chi connectivity index (χ0) is 9.72. The Morgan fingerprint density at radius 2 is 1.92 bits per heavy atom. The summed E-state index contributed by atoms with van der Waals surface area (Å²) in [4.78, 5) is 20.7. The first-order valence-electron chi connectivity index (χ1n) is 3.82. The fraction of sp³-hybridized carbons (Fsp3) is 0.750. The molecule has 0 aromatic rings. The van der Waals surface area contributed by atoms with Gasteiger partial charge in [0.05, 0.1) is 6.42 Å². The summed E-state index contributed by atoms with van der Waals surface area (Å²) in [5.41, 5.74) is 0. The average Bonchev–Trinajstić information content (AvgIpc) is 1.84. The van der Waals surface area contributed by atoms with Crippen LogP contribution in [0.3, 0.4) is 0 Å². The molecule has 0 aliphatic rings. The van der Waals surface area contributed by atoms with Crippen LogP contribution in [0.5, 0.6) is 0 Å². The van der Waals surface area contributed by atoms with Gasteiger partial charge in [-0.25, -0.2) is 0 Å². The van der Waals surface area contributed by atoms with Gasteiger partial charge in [-0.1, -0.05) is 6.92 Å². The Morgan fingerprint density at radius 1 is 1.42 bits per heavy atom. The van der Waals surface area contributed by atoms with E-state index in [9.17, 15) is 9.59 Å². The predicted octanol–water partition coefficient (Wildman–Crippen LogP) is 1.05. The number of carbonyl (C=O) groups is 2. The van der Waals surface area contributed by atoms with Gasteiger partial charge in [-0.05, 0) is 6.92 Å². The van der Waals surface area contributed by atoms with E-state index in [0.717, 1.165) is 0 Å². The maximum atomic E-state index is 10.5. The summed E-state index contributed by atoms with van der Waals surface area (Å²) in [7, 11) is 0. The van der Waals surface area contributed by atoms with Crippen molar-refractivity contribution in [3.05, 3.63) is 0 Å². The molecule has 0 saturated heterocycles. The summed E-state index contributed by atoms with van der Waals surface area (Å²) in [6, 6.07) is 0. The molecular weight excluding hydrogens is 160 g/mol. The number of esters is 1. The van der Waals surface area contributed by atoms with Crippen LogP contribution in [0.15, 0.2) is 0 Å². The van der Waals surface area contributed by atoms with Gasteiger partial charge in [0.25, 0.3) is 0 Å². The van der Waals surface area contributed by atoms with Crippen LogP contribution in [0.2, 0.25) is 0 Å². The van der Waals surface area contributed by atoms with Crippen LogP contribution in [0.4, 0.5) is 0 Å². The average molecular weight is 174 g/mol. The summed E-state index contributed by atoms with van der Waals surface area (Å²) >= 11 is 0. The van der Waals surface area contributed by atoms with Crippen molar-refractivity contribution in [1.29, 1.82) is 0 Å². The molecule has 4 nitrogen and oxygen atoms in total. The summed E-state index contributed by atoms with van der Waals surface area (Å²) < 4.78 is 4.81. The summed E-state index contributed by atoms with van der Waals surface area (Å²) in [6.45, 7) is 4.74. The topological polar surface area (TPSA) is 63.6 Å². The first kappa shape index (κ1) is 10.9. The fourth-order valence-electron chi connectivity index (χ4n) is 0.819. The van der Waals surface area contributed by atoms with E-state index >= 15 is 0 Å². The number of aliphatic carboxylic acids is 1. The molecule has 0 fully saturated rings. The van der Waals surface area contributed by atoms with Crippen LogP contribution in [-0.2, 0) is 14.3 Å². The molecule has 0 bridgehead atoms. The minimum atomic E-state index is -0.874. The molecule has 12 heavy (non-hydrogen) atoms. The van der Waals surface area contributed by atoms with Gasteiger partial charge < -0.3 is 9.84 Å². The van der Waals surface area contributed by atoms with E-state index in [1.54, 1.807) is 13.8 Å².